The van der Waals surface area contributed by atoms with Crippen LogP contribution >= 0.6 is 24.0 Å². The third-order valence-electron chi connectivity index (χ3n) is 3.62. The smallest absolute Gasteiger partial charge is 0.191 e. The molecule has 0 saturated heterocycles. The molecule has 0 aliphatic carbocycles. The highest BCUT2D eigenvalue weighted by Gasteiger charge is 2.25. The SMILES string of the molecule is CCCCN(C)CCNC(=NCC(C)(O)c1ccco1)NCC.I. The van der Waals surface area contributed by atoms with Crippen molar-refractivity contribution in [2.45, 2.75) is 39.2 Å². The fourth-order valence-electron chi connectivity index (χ4n) is 2.14. The van der Waals surface area contributed by atoms with Crippen LogP contribution in [-0.4, -0.2) is 55.7 Å². The number of guanidine groups is 1. The van der Waals surface area contributed by atoms with Gasteiger partial charge in [0, 0.05) is 19.6 Å². The number of aliphatic hydroxyl groups is 1. The largest absolute Gasteiger partial charge is 0.466 e. The Balaban J connectivity index is 0.00000529. The van der Waals surface area contributed by atoms with Crippen molar-refractivity contribution in [2.75, 3.05) is 39.8 Å². The molecular weight excluding hydrogens is 419 g/mol. The molecule has 1 rings (SSSR count). The van der Waals surface area contributed by atoms with E-state index < -0.39 is 5.60 Å². The normalized spacial score (nSPS) is 14.2. The zero-order chi connectivity index (χ0) is 17.1. The number of hydrogen-bond donors (Lipinski definition) is 3. The van der Waals surface area contributed by atoms with Gasteiger partial charge in [0.15, 0.2) is 5.96 Å². The van der Waals surface area contributed by atoms with Crippen molar-refractivity contribution < 1.29 is 9.52 Å². The Morgan fingerprint density at radius 2 is 2.08 bits per heavy atom. The minimum Gasteiger partial charge on any atom is -0.466 e. The lowest BCUT2D eigenvalue weighted by atomic mass is 10.0. The average Bonchev–Trinajstić information content (AvgIpc) is 3.06. The lowest BCUT2D eigenvalue weighted by Crippen LogP contribution is -2.42. The summed E-state index contributed by atoms with van der Waals surface area (Å²) in [5, 5.41) is 16.9. The third-order valence-corrected chi connectivity index (χ3v) is 3.62. The summed E-state index contributed by atoms with van der Waals surface area (Å²) < 4.78 is 5.27. The van der Waals surface area contributed by atoms with Gasteiger partial charge in [-0.2, -0.15) is 0 Å². The second-order valence-electron chi connectivity index (χ2n) is 6.03. The van der Waals surface area contributed by atoms with Crippen LogP contribution in [0.3, 0.4) is 0 Å². The lowest BCUT2D eigenvalue weighted by Gasteiger charge is -2.20. The first-order chi connectivity index (χ1) is 11.0. The van der Waals surface area contributed by atoms with Gasteiger partial charge in [0.05, 0.1) is 12.8 Å². The molecule has 6 nitrogen and oxygen atoms in total. The number of nitrogens with one attached hydrogen (secondary N) is 2. The predicted molar refractivity (Wildman–Crippen MR) is 110 cm³/mol. The number of aliphatic imine (C=N–C) groups is 1. The fourth-order valence-corrected chi connectivity index (χ4v) is 2.14. The molecule has 0 aliphatic heterocycles. The molecule has 0 bridgehead atoms. The Hall–Kier alpha value is -0.800. The van der Waals surface area contributed by atoms with Crippen molar-refractivity contribution in [3.05, 3.63) is 24.2 Å². The van der Waals surface area contributed by atoms with E-state index >= 15 is 0 Å². The summed E-state index contributed by atoms with van der Waals surface area (Å²) in [6.07, 6.45) is 3.99. The number of nitrogens with zero attached hydrogens (tertiary/aromatic N) is 2. The second-order valence-corrected chi connectivity index (χ2v) is 6.03. The number of furan rings is 1. The maximum atomic E-state index is 10.4. The van der Waals surface area contributed by atoms with Crippen LogP contribution in [0.5, 0.6) is 0 Å². The van der Waals surface area contributed by atoms with E-state index in [4.69, 9.17) is 4.42 Å². The maximum absolute atomic E-state index is 10.4. The molecule has 1 aromatic rings. The van der Waals surface area contributed by atoms with Crippen molar-refractivity contribution in [1.82, 2.24) is 15.5 Å². The fraction of sp³-hybridized carbons (Fsp3) is 0.706. The molecule has 1 aromatic heterocycles. The standard InChI is InChI=1S/C17H32N4O2.HI/c1-5-7-11-21(4)12-10-19-16(18-6-2)20-14-17(3,22)15-9-8-13-23-15;/h8-9,13,22H,5-7,10-12,14H2,1-4H3,(H2,18,19,20);1H. The van der Waals surface area contributed by atoms with Gasteiger partial charge < -0.3 is 25.1 Å². The Labute approximate surface area is 163 Å². The van der Waals surface area contributed by atoms with Crippen LogP contribution in [0.15, 0.2) is 27.8 Å². The molecule has 1 atom stereocenters. The third kappa shape index (κ3) is 8.89. The Morgan fingerprint density at radius 1 is 1.33 bits per heavy atom. The number of hydrogen-bond acceptors (Lipinski definition) is 4. The highest BCUT2D eigenvalue weighted by Crippen LogP contribution is 2.20. The minimum atomic E-state index is -1.11. The first-order valence-corrected chi connectivity index (χ1v) is 8.46. The van der Waals surface area contributed by atoms with Crippen LogP contribution in [-0.2, 0) is 5.60 Å². The van der Waals surface area contributed by atoms with Gasteiger partial charge in [0.1, 0.15) is 11.4 Å². The van der Waals surface area contributed by atoms with E-state index in [9.17, 15) is 5.11 Å². The summed E-state index contributed by atoms with van der Waals surface area (Å²) in [4.78, 5) is 6.77. The summed E-state index contributed by atoms with van der Waals surface area (Å²) in [5.41, 5.74) is -1.11. The average molecular weight is 452 g/mol. The van der Waals surface area contributed by atoms with E-state index in [1.165, 1.54) is 12.8 Å². The van der Waals surface area contributed by atoms with Crippen LogP contribution in [0.25, 0.3) is 0 Å². The zero-order valence-electron chi connectivity index (χ0n) is 15.3. The second kappa shape index (κ2) is 12.5. The van der Waals surface area contributed by atoms with E-state index in [-0.39, 0.29) is 30.5 Å². The molecule has 0 amide bonds. The summed E-state index contributed by atoms with van der Waals surface area (Å²) >= 11 is 0. The minimum absolute atomic E-state index is 0. The monoisotopic (exact) mass is 452 g/mol. The van der Waals surface area contributed by atoms with Crippen LogP contribution in [0.1, 0.15) is 39.4 Å². The van der Waals surface area contributed by atoms with Gasteiger partial charge in [-0.05, 0) is 46.0 Å². The zero-order valence-corrected chi connectivity index (χ0v) is 17.7. The molecule has 0 aromatic carbocycles. The van der Waals surface area contributed by atoms with Crippen LogP contribution in [0.2, 0.25) is 0 Å². The number of likely N-dealkylation sites (N-methyl/N-ethyl adjacent to an activating group) is 1. The molecule has 7 heteroatoms. The van der Waals surface area contributed by atoms with Crippen LogP contribution < -0.4 is 10.6 Å². The van der Waals surface area contributed by atoms with Crippen LogP contribution in [0, 0.1) is 0 Å². The van der Waals surface area contributed by atoms with E-state index in [1.54, 1.807) is 25.3 Å². The molecule has 0 fully saturated rings. The van der Waals surface area contributed by atoms with Gasteiger partial charge in [-0.1, -0.05) is 13.3 Å². The van der Waals surface area contributed by atoms with Gasteiger partial charge in [-0.25, -0.2) is 4.99 Å². The molecule has 0 aliphatic rings. The van der Waals surface area contributed by atoms with Gasteiger partial charge in [0.2, 0.25) is 0 Å². The van der Waals surface area contributed by atoms with Crippen molar-refractivity contribution in [2.24, 2.45) is 4.99 Å². The van der Waals surface area contributed by atoms with Gasteiger partial charge in [0.25, 0.3) is 0 Å². The molecule has 0 saturated carbocycles. The number of halogens is 1. The topological polar surface area (TPSA) is 73.0 Å². The molecular formula is C17H33IN4O2. The summed E-state index contributed by atoms with van der Waals surface area (Å²) in [6.45, 7) is 9.83. The van der Waals surface area contributed by atoms with Crippen molar-refractivity contribution in [1.29, 1.82) is 0 Å². The number of unbranched alkanes of at least 4 members (excludes halogenated alkanes) is 1. The first kappa shape index (κ1) is 23.2. The first-order valence-electron chi connectivity index (χ1n) is 8.46. The van der Waals surface area contributed by atoms with E-state index in [0.717, 1.165) is 26.2 Å². The summed E-state index contributed by atoms with van der Waals surface area (Å²) in [5.74, 6) is 1.24. The lowest BCUT2D eigenvalue weighted by molar-refractivity contribution is 0.0437. The summed E-state index contributed by atoms with van der Waals surface area (Å²) in [6, 6.07) is 3.53. The Bertz CT molecular complexity index is 449. The van der Waals surface area contributed by atoms with Crippen molar-refractivity contribution >= 4 is 29.9 Å². The van der Waals surface area contributed by atoms with E-state index in [1.807, 2.05) is 6.92 Å². The van der Waals surface area contributed by atoms with E-state index in [2.05, 4.69) is 34.5 Å². The van der Waals surface area contributed by atoms with E-state index in [0.29, 0.717) is 11.7 Å². The quantitative estimate of drug-likeness (QED) is 0.289. The van der Waals surface area contributed by atoms with Crippen molar-refractivity contribution in [3.63, 3.8) is 0 Å². The molecule has 1 unspecified atom stereocenters. The molecule has 3 N–H and O–H groups in total. The molecule has 0 radical (unpaired) electrons. The molecule has 140 valence electrons. The molecule has 0 spiro atoms. The maximum Gasteiger partial charge on any atom is 0.191 e. The number of rotatable bonds is 10. The van der Waals surface area contributed by atoms with Crippen LogP contribution in [0.4, 0.5) is 0 Å². The highest BCUT2D eigenvalue weighted by molar-refractivity contribution is 14.0. The predicted octanol–water partition coefficient (Wildman–Crippen LogP) is 2.39. The summed E-state index contributed by atoms with van der Waals surface area (Å²) in [7, 11) is 2.13. The molecule has 1 heterocycles. The van der Waals surface area contributed by atoms with Gasteiger partial charge >= 0.3 is 0 Å². The Kier molecular flexibility index (Phi) is 12.1. The molecule has 24 heavy (non-hydrogen) atoms. The van der Waals surface area contributed by atoms with Gasteiger partial charge in [-0.3, -0.25) is 0 Å². The Morgan fingerprint density at radius 3 is 2.67 bits per heavy atom. The highest BCUT2D eigenvalue weighted by atomic mass is 127. The van der Waals surface area contributed by atoms with Gasteiger partial charge in [-0.15, -0.1) is 24.0 Å². The van der Waals surface area contributed by atoms with Crippen molar-refractivity contribution in [3.8, 4) is 0 Å².